The molecule has 0 aromatic heterocycles. The molecule has 1 saturated carbocycles. The lowest BCUT2D eigenvalue weighted by Gasteiger charge is -2.20. The fourth-order valence-corrected chi connectivity index (χ4v) is 3.40. The van der Waals surface area contributed by atoms with Crippen molar-refractivity contribution in [1.29, 1.82) is 0 Å². The van der Waals surface area contributed by atoms with Gasteiger partial charge in [-0.2, -0.15) is 13.2 Å². The Kier molecular flexibility index (Phi) is 3.73. The predicted octanol–water partition coefficient (Wildman–Crippen LogP) is 4.23. The summed E-state index contributed by atoms with van der Waals surface area (Å²) in [5.41, 5.74) is 0.977. The fourth-order valence-electron chi connectivity index (χ4n) is 3.40. The van der Waals surface area contributed by atoms with E-state index in [9.17, 15) is 13.2 Å². The summed E-state index contributed by atoms with van der Waals surface area (Å²) >= 11 is 0. The Hall–Kier alpha value is -1.81. The van der Waals surface area contributed by atoms with Crippen LogP contribution in [0.2, 0.25) is 0 Å². The largest absolute Gasteiger partial charge is 0.416 e. The van der Waals surface area contributed by atoms with Gasteiger partial charge >= 0.3 is 6.18 Å². The van der Waals surface area contributed by atoms with Crippen LogP contribution in [0.15, 0.2) is 54.6 Å². The van der Waals surface area contributed by atoms with Crippen LogP contribution in [0, 0.1) is 5.92 Å². The summed E-state index contributed by atoms with van der Waals surface area (Å²) in [6.45, 7) is 0.797. The van der Waals surface area contributed by atoms with Crippen molar-refractivity contribution in [2.75, 3.05) is 13.6 Å². The lowest BCUT2D eigenvalue weighted by Crippen LogP contribution is -2.20. The van der Waals surface area contributed by atoms with Crippen molar-refractivity contribution in [2.24, 2.45) is 5.92 Å². The highest BCUT2D eigenvalue weighted by atomic mass is 19.4. The number of benzene rings is 2. The molecule has 1 aliphatic carbocycles. The molecular weight excluding hydrogens is 287 g/mol. The number of alkyl halides is 3. The van der Waals surface area contributed by atoms with Gasteiger partial charge in [-0.05, 0) is 43.1 Å². The van der Waals surface area contributed by atoms with Gasteiger partial charge in [0.25, 0.3) is 0 Å². The molecular formula is C18H18F3N. The second-order valence-electron chi connectivity index (χ2n) is 5.87. The number of hydrogen-bond acceptors (Lipinski definition) is 1. The van der Waals surface area contributed by atoms with E-state index in [1.165, 1.54) is 12.1 Å². The molecule has 0 aliphatic heterocycles. The zero-order chi connectivity index (χ0) is 15.8. The minimum absolute atomic E-state index is 0.300. The van der Waals surface area contributed by atoms with Crippen LogP contribution in [-0.4, -0.2) is 13.6 Å². The standard InChI is InChI=1S/C18H18F3N/c1-22-12-16-11-17(16,13-6-3-2-4-7-13)14-8-5-9-15(10-14)18(19,20)21/h2-10,16,22H,11-12H2,1H3. The third-order valence-corrected chi connectivity index (χ3v) is 4.55. The summed E-state index contributed by atoms with van der Waals surface area (Å²) < 4.78 is 39.0. The van der Waals surface area contributed by atoms with Crippen molar-refractivity contribution in [2.45, 2.75) is 18.0 Å². The van der Waals surface area contributed by atoms with Crippen molar-refractivity contribution in [1.82, 2.24) is 5.32 Å². The Bertz CT molecular complexity index is 651. The van der Waals surface area contributed by atoms with Crippen molar-refractivity contribution in [3.05, 3.63) is 71.3 Å². The molecule has 0 heterocycles. The topological polar surface area (TPSA) is 12.0 Å². The first-order valence-corrected chi connectivity index (χ1v) is 7.36. The van der Waals surface area contributed by atoms with E-state index in [2.05, 4.69) is 5.32 Å². The molecule has 3 rings (SSSR count). The molecule has 2 aromatic rings. The van der Waals surface area contributed by atoms with Gasteiger partial charge in [0, 0.05) is 5.41 Å². The summed E-state index contributed by atoms with van der Waals surface area (Å²) in [4.78, 5) is 0. The second kappa shape index (κ2) is 5.43. The average molecular weight is 305 g/mol. The van der Waals surface area contributed by atoms with E-state index in [0.29, 0.717) is 5.92 Å². The summed E-state index contributed by atoms with van der Waals surface area (Å²) in [5, 5.41) is 3.15. The smallest absolute Gasteiger partial charge is 0.319 e. The molecule has 2 unspecified atom stereocenters. The van der Waals surface area contributed by atoms with Crippen LogP contribution in [0.3, 0.4) is 0 Å². The minimum atomic E-state index is -4.30. The minimum Gasteiger partial charge on any atom is -0.319 e. The van der Waals surface area contributed by atoms with E-state index in [4.69, 9.17) is 0 Å². The van der Waals surface area contributed by atoms with Gasteiger partial charge in [-0.25, -0.2) is 0 Å². The molecule has 1 N–H and O–H groups in total. The van der Waals surface area contributed by atoms with Crippen LogP contribution in [0.5, 0.6) is 0 Å². The molecule has 0 radical (unpaired) electrons. The fraction of sp³-hybridized carbons (Fsp3) is 0.333. The van der Waals surface area contributed by atoms with Crippen molar-refractivity contribution in [3.63, 3.8) is 0 Å². The first kappa shape index (κ1) is 15.1. The SMILES string of the molecule is CNCC1CC1(c1ccccc1)c1cccc(C(F)(F)F)c1. The van der Waals surface area contributed by atoms with E-state index < -0.39 is 11.7 Å². The van der Waals surface area contributed by atoms with Gasteiger partial charge in [-0.1, -0.05) is 48.5 Å². The zero-order valence-corrected chi connectivity index (χ0v) is 12.3. The quantitative estimate of drug-likeness (QED) is 0.891. The van der Waals surface area contributed by atoms with Gasteiger partial charge in [0.15, 0.2) is 0 Å². The molecule has 2 aromatic carbocycles. The van der Waals surface area contributed by atoms with Crippen LogP contribution in [0.25, 0.3) is 0 Å². The highest BCUT2D eigenvalue weighted by Crippen LogP contribution is 2.58. The van der Waals surface area contributed by atoms with E-state index in [-0.39, 0.29) is 5.41 Å². The maximum atomic E-state index is 13.0. The second-order valence-corrected chi connectivity index (χ2v) is 5.87. The number of halogens is 3. The number of nitrogens with one attached hydrogen (secondary N) is 1. The van der Waals surface area contributed by atoms with Crippen molar-refractivity contribution >= 4 is 0 Å². The third kappa shape index (κ3) is 2.52. The normalized spacial score (nSPS) is 24.3. The predicted molar refractivity (Wildman–Crippen MR) is 80.7 cm³/mol. The van der Waals surface area contributed by atoms with E-state index in [1.807, 2.05) is 43.4 Å². The van der Waals surface area contributed by atoms with E-state index in [0.717, 1.165) is 30.2 Å². The highest BCUT2D eigenvalue weighted by Gasteiger charge is 2.56. The monoisotopic (exact) mass is 305 g/mol. The molecule has 0 bridgehead atoms. The van der Waals surface area contributed by atoms with Crippen molar-refractivity contribution < 1.29 is 13.2 Å². The molecule has 0 spiro atoms. The maximum absolute atomic E-state index is 13.0. The Labute approximate surface area is 128 Å². The first-order valence-electron chi connectivity index (χ1n) is 7.36. The van der Waals surface area contributed by atoms with Crippen LogP contribution in [0.1, 0.15) is 23.1 Å². The number of hydrogen-bond donors (Lipinski definition) is 1. The molecule has 4 heteroatoms. The average Bonchev–Trinajstić information content (AvgIpc) is 3.23. The molecule has 1 fully saturated rings. The van der Waals surface area contributed by atoms with Gasteiger partial charge in [-0.15, -0.1) is 0 Å². The maximum Gasteiger partial charge on any atom is 0.416 e. The third-order valence-electron chi connectivity index (χ3n) is 4.55. The van der Waals surface area contributed by atoms with Gasteiger partial charge in [0.2, 0.25) is 0 Å². The molecule has 0 saturated heterocycles. The van der Waals surface area contributed by atoms with E-state index in [1.54, 1.807) is 0 Å². The first-order chi connectivity index (χ1) is 10.5. The van der Waals surface area contributed by atoms with Gasteiger partial charge in [0.05, 0.1) is 5.56 Å². The highest BCUT2D eigenvalue weighted by molar-refractivity contribution is 5.48. The molecule has 22 heavy (non-hydrogen) atoms. The lowest BCUT2D eigenvalue weighted by molar-refractivity contribution is -0.137. The summed E-state index contributed by atoms with van der Waals surface area (Å²) in [5.74, 6) is 0.323. The van der Waals surface area contributed by atoms with Crippen LogP contribution in [-0.2, 0) is 11.6 Å². The van der Waals surface area contributed by atoms with Crippen molar-refractivity contribution in [3.8, 4) is 0 Å². The summed E-state index contributed by atoms with van der Waals surface area (Å²) in [6, 6.07) is 15.6. The molecule has 0 amide bonds. The van der Waals surface area contributed by atoms with Gasteiger partial charge < -0.3 is 5.32 Å². The molecule has 116 valence electrons. The van der Waals surface area contributed by atoms with E-state index >= 15 is 0 Å². The zero-order valence-electron chi connectivity index (χ0n) is 12.3. The van der Waals surface area contributed by atoms with Crippen LogP contribution < -0.4 is 5.32 Å². The van der Waals surface area contributed by atoms with Gasteiger partial charge in [-0.3, -0.25) is 0 Å². The number of rotatable bonds is 4. The van der Waals surface area contributed by atoms with Crippen LogP contribution >= 0.6 is 0 Å². The van der Waals surface area contributed by atoms with Gasteiger partial charge in [0.1, 0.15) is 0 Å². The Morgan fingerprint density at radius 2 is 1.73 bits per heavy atom. The Morgan fingerprint density at radius 1 is 1.05 bits per heavy atom. The summed E-state index contributed by atoms with van der Waals surface area (Å²) in [7, 11) is 1.88. The lowest BCUT2D eigenvalue weighted by atomic mass is 9.85. The molecule has 2 atom stereocenters. The molecule has 1 nitrogen and oxygen atoms in total. The molecule has 1 aliphatic rings. The summed E-state index contributed by atoms with van der Waals surface area (Å²) in [6.07, 6.45) is -3.43. The Morgan fingerprint density at radius 3 is 2.36 bits per heavy atom. The van der Waals surface area contributed by atoms with Crippen LogP contribution in [0.4, 0.5) is 13.2 Å². The Balaban J connectivity index is 2.06.